The molecule has 3 nitrogen and oxygen atoms in total. The zero-order valence-electron chi connectivity index (χ0n) is 6.45. The van der Waals surface area contributed by atoms with Gasteiger partial charge in [-0.05, 0) is 6.08 Å². The summed E-state index contributed by atoms with van der Waals surface area (Å²) in [4.78, 5) is 15.3. The van der Waals surface area contributed by atoms with Gasteiger partial charge in [0.05, 0.1) is 0 Å². The molecule has 0 radical (unpaired) electrons. The van der Waals surface area contributed by atoms with Gasteiger partial charge in [0, 0.05) is 18.3 Å². The van der Waals surface area contributed by atoms with E-state index < -0.39 is 0 Å². The molecule has 0 atom stereocenters. The molecule has 0 bridgehead atoms. The molecule has 3 heteroatoms. The second kappa shape index (κ2) is 2.77. The van der Waals surface area contributed by atoms with E-state index in [-0.39, 0.29) is 5.91 Å². The quantitative estimate of drug-likeness (QED) is 0.553. The Hall–Kier alpha value is -1.64. The molecule has 0 saturated heterocycles. The second-order valence-electron chi connectivity index (χ2n) is 2.55. The first-order valence-electron chi connectivity index (χ1n) is 3.78. The number of allylic oxidation sites excluding steroid dienone is 3. The normalized spacial score (nSPS) is 27.5. The molecule has 0 fully saturated rings. The van der Waals surface area contributed by atoms with Crippen molar-refractivity contribution >= 4 is 11.6 Å². The first-order valence-corrected chi connectivity index (χ1v) is 3.78. The maximum absolute atomic E-state index is 11.3. The number of fused-ring (bicyclic) bond motifs is 1. The smallest absolute Gasteiger partial charge is 0.270 e. The lowest BCUT2D eigenvalue weighted by Crippen LogP contribution is -2.31. The van der Waals surface area contributed by atoms with E-state index in [1.54, 1.807) is 6.20 Å². The number of rotatable bonds is 0. The molecule has 1 amide bonds. The van der Waals surface area contributed by atoms with E-state index in [2.05, 4.69) is 10.3 Å². The van der Waals surface area contributed by atoms with E-state index in [0.29, 0.717) is 12.3 Å². The van der Waals surface area contributed by atoms with Crippen LogP contribution in [0, 0.1) is 0 Å². The number of carbonyl (C=O) groups excluding carboxylic acids is 1. The fourth-order valence-electron chi connectivity index (χ4n) is 1.14. The number of nitrogens with one attached hydrogen (secondary N) is 1. The molecular weight excluding hydrogens is 152 g/mol. The van der Waals surface area contributed by atoms with Gasteiger partial charge in [0.25, 0.3) is 5.91 Å². The van der Waals surface area contributed by atoms with Gasteiger partial charge < -0.3 is 5.32 Å². The van der Waals surface area contributed by atoms with Crippen LogP contribution in [0.5, 0.6) is 0 Å². The van der Waals surface area contributed by atoms with Gasteiger partial charge >= 0.3 is 0 Å². The first kappa shape index (κ1) is 7.03. The Labute approximate surface area is 70.2 Å². The van der Waals surface area contributed by atoms with Crippen LogP contribution in [0.3, 0.4) is 0 Å². The Kier molecular flexibility index (Phi) is 1.63. The zero-order valence-corrected chi connectivity index (χ0v) is 6.45. The van der Waals surface area contributed by atoms with Crippen molar-refractivity contribution in [1.82, 2.24) is 5.32 Å². The summed E-state index contributed by atoms with van der Waals surface area (Å²) in [6, 6.07) is 0. The molecule has 2 heterocycles. The summed E-state index contributed by atoms with van der Waals surface area (Å²) in [6.07, 6.45) is 9.17. The van der Waals surface area contributed by atoms with Crippen molar-refractivity contribution in [2.24, 2.45) is 4.99 Å². The number of amides is 1. The Morgan fingerprint density at radius 1 is 1.50 bits per heavy atom. The summed E-state index contributed by atoms with van der Waals surface area (Å²) in [5.41, 5.74) is 1.39. The number of carbonyl (C=O) groups is 1. The molecule has 0 aromatic rings. The maximum Gasteiger partial charge on any atom is 0.270 e. The first-order chi connectivity index (χ1) is 5.88. The van der Waals surface area contributed by atoms with E-state index in [9.17, 15) is 4.79 Å². The molecule has 0 aliphatic carbocycles. The van der Waals surface area contributed by atoms with Crippen molar-refractivity contribution in [3.05, 3.63) is 36.1 Å². The monoisotopic (exact) mass is 160 g/mol. The minimum absolute atomic E-state index is 0.101. The van der Waals surface area contributed by atoms with Crippen LogP contribution < -0.4 is 5.32 Å². The topological polar surface area (TPSA) is 41.5 Å². The van der Waals surface area contributed by atoms with Crippen LogP contribution in [-0.2, 0) is 4.79 Å². The predicted molar refractivity (Wildman–Crippen MR) is 46.8 cm³/mol. The van der Waals surface area contributed by atoms with E-state index >= 15 is 0 Å². The predicted octanol–water partition coefficient (Wildman–Crippen LogP) is 0.567. The lowest BCUT2D eigenvalue weighted by Gasteiger charge is -2.05. The molecule has 12 heavy (non-hydrogen) atoms. The fraction of sp³-hybridized carbons (Fsp3) is 0.111. The van der Waals surface area contributed by atoms with Crippen LogP contribution in [0.4, 0.5) is 0 Å². The van der Waals surface area contributed by atoms with Crippen LogP contribution in [0.25, 0.3) is 0 Å². The SMILES string of the molecule is O=C1NC/C=C\C=C2\C=CN=C12. The molecule has 0 aromatic carbocycles. The minimum Gasteiger partial charge on any atom is -0.347 e. The third kappa shape index (κ3) is 1.09. The summed E-state index contributed by atoms with van der Waals surface area (Å²) in [7, 11) is 0. The van der Waals surface area contributed by atoms with Crippen LogP contribution in [0.1, 0.15) is 0 Å². The maximum atomic E-state index is 11.3. The molecule has 2 aliphatic heterocycles. The zero-order chi connectivity index (χ0) is 8.39. The van der Waals surface area contributed by atoms with Gasteiger partial charge in [0.1, 0.15) is 5.71 Å². The molecule has 0 spiro atoms. The van der Waals surface area contributed by atoms with E-state index in [1.165, 1.54) is 0 Å². The number of nitrogens with zero attached hydrogens (tertiary/aromatic N) is 1. The molecule has 0 unspecified atom stereocenters. The highest BCUT2D eigenvalue weighted by molar-refractivity contribution is 6.47. The van der Waals surface area contributed by atoms with Gasteiger partial charge in [0.2, 0.25) is 0 Å². The molecular formula is C9H8N2O. The Morgan fingerprint density at radius 3 is 3.33 bits per heavy atom. The van der Waals surface area contributed by atoms with Crippen molar-refractivity contribution < 1.29 is 4.79 Å². The van der Waals surface area contributed by atoms with Crippen LogP contribution >= 0.6 is 0 Å². The summed E-state index contributed by atoms with van der Waals surface area (Å²) >= 11 is 0. The van der Waals surface area contributed by atoms with Gasteiger partial charge in [-0.15, -0.1) is 0 Å². The minimum atomic E-state index is -0.101. The lowest BCUT2D eigenvalue weighted by molar-refractivity contribution is -0.114. The lowest BCUT2D eigenvalue weighted by atomic mass is 10.1. The highest BCUT2D eigenvalue weighted by Crippen LogP contribution is 2.10. The van der Waals surface area contributed by atoms with E-state index in [4.69, 9.17) is 0 Å². The van der Waals surface area contributed by atoms with Gasteiger partial charge in [0.15, 0.2) is 0 Å². The second-order valence-corrected chi connectivity index (χ2v) is 2.55. The van der Waals surface area contributed by atoms with Gasteiger partial charge in [-0.25, -0.2) is 0 Å². The molecule has 0 saturated carbocycles. The number of hydrogen-bond acceptors (Lipinski definition) is 2. The van der Waals surface area contributed by atoms with E-state index in [0.717, 1.165) is 5.57 Å². The average Bonchev–Trinajstić information content (AvgIpc) is 2.47. The van der Waals surface area contributed by atoms with Gasteiger partial charge in [-0.2, -0.15) is 0 Å². The van der Waals surface area contributed by atoms with Gasteiger partial charge in [-0.3, -0.25) is 9.79 Å². The van der Waals surface area contributed by atoms with Crippen LogP contribution in [0.15, 0.2) is 41.1 Å². The molecule has 60 valence electrons. The summed E-state index contributed by atoms with van der Waals surface area (Å²) in [5, 5.41) is 2.72. The Balaban J connectivity index is 2.40. The van der Waals surface area contributed by atoms with Crippen molar-refractivity contribution in [1.29, 1.82) is 0 Å². The van der Waals surface area contributed by atoms with Crippen molar-refractivity contribution in [2.45, 2.75) is 0 Å². The fourth-order valence-corrected chi connectivity index (χ4v) is 1.14. The molecule has 2 rings (SSSR count). The summed E-state index contributed by atoms with van der Waals surface area (Å²) < 4.78 is 0. The highest BCUT2D eigenvalue weighted by atomic mass is 16.1. The van der Waals surface area contributed by atoms with Crippen LogP contribution in [-0.4, -0.2) is 18.2 Å². The third-order valence-electron chi connectivity index (χ3n) is 1.74. The standard InChI is InChI=1S/C9H8N2O/c12-9-8-7(4-6-10-8)3-1-2-5-11-9/h1-4,6H,5H2,(H,11,12)/b2-1-,7-3-. The van der Waals surface area contributed by atoms with Crippen molar-refractivity contribution in [2.75, 3.05) is 6.54 Å². The average molecular weight is 160 g/mol. The molecule has 2 aliphatic rings. The Morgan fingerprint density at radius 2 is 2.42 bits per heavy atom. The third-order valence-corrected chi connectivity index (χ3v) is 1.74. The number of hydrogen-bond donors (Lipinski definition) is 1. The summed E-state index contributed by atoms with van der Waals surface area (Å²) in [6.45, 7) is 0.571. The largest absolute Gasteiger partial charge is 0.347 e. The van der Waals surface area contributed by atoms with Crippen LogP contribution in [0.2, 0.25) is 0 Å². The van der Waals surface area contributed by atoms with E-state index in [1.807, 2.05) is 24.3 Å². The Bertz CT molecular complexity index is 334. The summed E-state index contributed by atoms with van der Waals surface area (Å²) in [5.74, 6) is -0.101. The van der Waals surface area contributed by atoms with Crippen molar-refractivity contribution in [3.8, 4) is 0 Å². The van der Waals surface area contributed by atoms with Crippen molar-refractivity contribution in [3.63, 3.8) is 0 Å². The molecule has 1 N–H and O–H groups in total. The molecule has 0 aromatic heterocycles. The highest BCUT2D eigenvalue weighted by Gasteiger charge is 2.16. The number of aliphatic imine (C=N–C) groups is 1. The van der Waals surface area contributed by atoms with Gasteiger partial charge in [-0.1, -0.05) is 18.2 Å².